The zero-order valence-electron chi connectivity index (χ0n) is 15.0. The Morgan fingerprint density at radius 1 is 0.773 bits per heavy atom. The molecule has 2 nitrogen and oxygen atoms in total. The van der Waals surface area contributed by atoms with Gasteiger partial charge in [0.2, 0.25) is 0 Å². The molecular weight excluding hydrogens is 292 g/mol. The van der Waals surface area contributed by atoms with Crippen LogP contribution in [-0.4, -0.2) is 15.6 Å². The lowest BCUT2D eigenvalue weighted by Crippen LogP contribution is -2.30. The minimum Gasteiger partial charge on any atom is -0.290 e. The summed E-state index contributed by atoms with van der Waals surface area (Å²) in [6, 6.07) is 0. The van der Waals surface area contributed by atoms with Crippen molar-refractivity contribution in [3.63, 3.8) is 0 Å². The number of hydrogen-bond acceptors (Lipinski definition) is 2. The zero-order chi connectivity index (χ0) is 16.1. The monoisotopic (exact) mass is 330 g/mol. The normalized spacial score (nSPS) is 20.5. The Balaban J connectivity index is 2.22. The fourth-order valence-corrected chi connectivity index (χ4v) is 4.87. The molecule has 1 fully saturated rings. The molecule has 0 aromatic heterocycles. The van der Waals surface area contributed by atoms with E-state index in [4.69, 9.17) is 4.18 Å². The Morgan fingerprint density at radius 2 is 1.23 bits per heavy atom. The van der Waals surface area contributed by atoms with Gasteiger partial charge in [0.15, 0.2) is 11.1 Å². The highest BCUT2D eigenvalue weighted by Crippen LogP contribution is 2.37. The van der Waals surface area contributed by atoms with E-state index in [1.165, 1.54) is 77.0 Å². The molecule has 1 aliphatic heterocycles. The highest BCUT2D eigenvalue weighted by atomic mass is 32.2. The number of rotatable bonds is 14. The molecule has 0 spiro atoms. The van der Waals surface area contributed by atoms with Crippen LogP contribution >= 0.6 is 0 Å². The molecule has 0 N–H and O–H groups in total. The van der Waals surface area contributed by atoms with Crippen molar-refractivity contribution in [2.75, 3.05) is 6.61 Å². The zero-order valence-corrected chi connectivity index (χ0v) is 15.9. The summed E-state index contributed by atoms with van der Waals surface area (Å²) in [5.74, 6) is 0. The highest BCUT2D eigenvalue weighted by Gasteiger charge is 2.41. The van der Waals surface area contributed by atoms with Crippen LogP contribution < -0.4 is 0 Å². The lowest BCUT2D eigenvalue weighted by molar-refractivity contribution is 0.368. The molecule has 1 saturated heterocycles. The number of unbranched alkanes of at least 4 members (excludes halogenated alkanes) is 10. The summed E-state index contributed by atoms with van der Waals surface area (Å²) in [6.45, 7) is 5.22. The largest absolute Gasteiger partial charge is 0.290 e. The fourth-order valence-electron chi connectivity index (χ4n) is 3.51. The van der Waals surface area contributed by atoms with Gasteiger partial charge >= 0.3 is 0 Å². The van der Waals surface area contributed by atoms with Gasteiger partial charge in [-0.15, -0.1) is 0 Å². The van der Waals surface area contributed by atoms with Crippen LogP contribution in [0.15, 0.2) is 0 Å². The Labute approximate surface area is 141 Å². The molecule has 1 unspecified atom stereocenters. The first-order valence-corrected chi connectivity index (χ1v) is 10.9. The maximum absolute atomic E-state index is 12.3. The van der Waals surface area contributed by atoms with Crippen LogP contribution in [0.5, 0.6) is 0 Å². The minimum atomic E-state index is -1.04. The van der Waals surface area contributed by atoms with Crippen molar-refractivity contribution in [2.45, 2.75) is 115 Å². The summed E-state index contributed by atoms with van der Waals surface area (Å²) in [5.41, 5.74) is 0. The van der Waals surface area contributed by atoms with E-state index in [2.05, 4.69) is 13.8 Å². The second-order valence-corrected chi connectivity index (χ2v) is 8.60. The van der Waals surface area contributed by atoms with Gasteiger partial charge in [0.1, 0.15) is 0 Å². The molecule has 0 radical (unpaired) electrons. The summed E-state index contributed by atoms with van der Waals surface area (Å²) >= 11 is -1.04. The second-order valence-electron chi connectivity index (χ2n) is 7.03. The molecule has 0 saturated carbocycles. The number of hydrogen-bond donors (Lipinski definition) is 0. The third-order valence-electron chi connectivity index (χ3n) is 5.07. The molecule has 3 heteroatoms. The van der Waals surface area contributed by atoms with Gasteiger partial charge in [-0.05, 0) is 19.3 Å². The Bertz CT molecular complexity index is 275. The fraction of sp³-hybridized carbons (Fsp3) is 1.00. The Hall–Kier alpha value is 0.110. The predicted molar refractivity (Wildman–Crippen MR) is 97.4 cm³/mol. The first-order valence-electron chi connectivity index (χ1n) is 9.80. The van der Waals surface area contributed by atoms with E-state index in [1.807, 2.05) is 0 Å². The smallest absolute Gasteiger partial charge is 0.161 e. The molecular formula is C19H38O2S. The van der Waals surface area contributed by atoms with E-state index in [1.54, 1.807) is 0 Å². The van der Waals surface area contributed by atoms with Crippen LogP contribution in [0.2, 0.25) is 0 Å². The molecule has 0 bridgehead atoms. The average molecular weight is 331 g/mol. The Morgan fingerprint density at radius 3 is 1.64 bits per heavy atom. The summed E-state index contributed by atoms with van der Waals surface area (Å²) in [6.07, 6.45) is 19.0. The summed E-state index contributed by atoms with van der Waals surface area (Å²) in [5, 5.41) is 0. The first-order chi connectivity index (χ1) is 10.7. The standard InChI is InChI=1S/C19H38O2S/c1-3-5-7-9-11-13-15-19(17-18-21-22(19)20)16-14-12-10-8-6-4-2/h3-18H2,1-2H3. The van der Waals surface area contributed by atoms with Gasteiger partial charge in [-0.25, -0.2) is 4.21 Å². The maximum Gasteiger partial charge on any atom is 0.161 e. The van der Waals surface area contributed by atoms with E-state index >= 15 is 0 Å². The lowest BCUT2D eigenvalue weighted by Gasteiger charge is -2.25. The van der Waals surface area contributed by atoms with Crippen LogP contribution in [0.25, 0.3) is 0 Å². The third-order valence-corrected chi connectivity index (χ3v) is 6.77. The van der Waals surface area contributed by atoms with Gasteiger partial charge in [-0.1, -0.05) is 90.9 Å². The summed E-state index contributed by atoms with van der Waals surface area (Å²) < 4.78 is 17.7. The molecule has 1 atom stereocenters. The Kier molecular flexibility index (Phi) is 11.5. The van der Waals surface area contributed by atoms with Gasteiger partial charge in [0.25, 0.3) is 0 Å². The minimum absolute atomic E-state index is 0.00445. The first kappa shape index (κ1) is 20.2. The molecule has 1 rings (SSSR count). The van der Waals surface area contributed by atoms with Crippen molar-refractivity contribution in [1.29, 1.82) is 0 Å². The second kappa shape index (κ2) is 12.5. The lowest BCUT2D eigenvalue weighted by atomic mass is 9.90. The highest BCUT2D eigenvalue weighted by molar-refractivity contribution is 7.81. The van der Waals surface area contributed by atoms with Gasteiger partial charge < -0.3 is 0 Å². The quantitative estimate of drug-likeness (QED) is 0.349. The van der Waals surface area contributed by atoms with Gasteiger partial charge in [0, 0.05) is 0 Å². The summed E-state index contributed by atoms with van der Waals surface area (Å²) in [7, 11) is 0. The average Bonchev–Trinajstić information content (AvgIpc) is 2.88. The third kappa shape index (κ3) is 7.59. The SMILES string of the molecule is CCCCCCCCC1(CCCCCCCC)CCOS1=O. The van der Waals surface area contributed by atoms with Crippen molar-refractivity contribution in [1.82, 2.24) is 0 Å². The van der Waals surface area contributed by atoms with Crippen molar-refractivity contribution in [3.05, 3.63) is 0 Å². The van der Waals surface area contributed by atoms with Crippen LogP contribution in [0.3, 0.4) is 0 Å². The van der Waals surface area contributed by atoms with E-state index in [9.17, 15) is 4.21 Å². The topological polar surface area (TPSA) is 26.3 Å². The van der Waals surface area contributed by atoms with Crippen molar-refractivity contribution in [2.24, 2.45) is 0 Å². The molecule has 1 aliphatic rings. The van der Waals surface area contributed by atoms with Crippen LogP contribution in [0, 0.1) is 0 Å². The van der Waals surface area contributed by atoms with Crippen LogP contribution in [0.4, 0.5) is 0 Å². The van der Waals surface area contributed by atoms with E-state index in [-0.39, 0.29) is 4.75 Å². The summed E-state index contributed by atoms with van der Waals surface area (Å²) in [4.78, 5) is 0. The van der Waals surface area contributed by atoms with Gasteiger partial charge in [-0.3, -0.25) is 4.18 Å². The van der Waals surface area contributed by atoms with Gasteiger partial charge in [-0.2, -0.15) is 0 Å². The molecule has 132 valence electrons. The van der Waals surface area contributed by atoms with Crippen molar-refractivity contribution < 1.29 is 8.39 Å². The molecule has 0 aliphatic carbocycles. The predicted octanol–water partition coefficient (Wildman–Crippen LogP) is 6.31. The molecule has 1 heterocycles. The molecule has 22 heavy (non-hydrogen) atoms. The molecule has 0 aromatic carbocycles. The maximum atomic E-state index is 12.3. The van der Waals surface area contributed by atoms with Crippen molar-refractivity contribution in [3.8, 4) is 0 Å². The van der Waals surface area contributed by atoms with Crippen LogP contribution in [0.1, 0.15) is 110 Å². The van der Waals surface area contributed by atoms with E-state index in [0.717, 1.165) is 19.3 Å². The molecule has 0 aromatic rings. The van der Waals surface area contributed by atoms with Gasteiger partial charge in [0.05, 0.1) is 11.4 Å². The molecule has 0 amide bonds. The van der Waals surface area contributed by atoms with E-state index < -0.39 is 11.1 Å². The van der Waals surface area contributed by atoms with E-state index in [0.29, 0.717) is 6.61 Å². The van der Waals surface area contributed by atoms with Crippen LogP contribution in [-0.2, 0) is 15.3 Å². The van der Waals surface area contributed by atoms with Crippen molar-refractivity contribution >= 4 is 11.1 Å².